The van der Waals surface area contributed by atoms with Crippen LogP contribution in [-0.2, 0) is 14.3 Å². The number of ether oxygens (including phenoxy) is 2. The van der Waals surface area contributed by atoms with Crippen LogP contribution >= 0.6 is 11.6 Å². The predicted octanol–water partition coefficient (Wildman–Crippen LogP) is 5.14. The molecule has 0 saturated carbocycles. The van der Waals surface area contributed by atoms with Crippen molar-refractivity contribution in [2.24, 2.45) is 5.92 Å². The van der Waals surface area contributed by atoms with Crippen LogP contribution in [0.4, 0.5) is 0 Å². The van der Waals surface area contributed by atoms with E-state index < -0.39 is 17.7 Å². The molecule has 3 rings (SSSR count). The van der Waals surface area contributed by atoms with Gasteiger partial charge in [-0.1, -0.05) is 37.6 Å². The van der Waals surface area contributed by atoms with Crippen LogP contribution in [0.1, 0.15) is 43.0 Å². The highest BCUT2D eigenvalue weighted by Gasteiger charge is 2.45. The van der Waals surface area contributed by atoms with Crippen LogP contribution < -0.4 is 4.74 Å². The fourth-order valence-electron chi connectivity index (χ4n) is 3.85. The van der Waals surface area contributed by atoms with Crippen LogP contribution in [0.3, 0.4) is 0 Å². The molecule has 1 atom stereocenters. The number of benzene rings is 2. The number of hydrogen-bond donors (Lipinski definition) is 1. The number of ketones is 1. The summed E-state index contributed by atoms with van der Waals surface area (Å²) in [6.07, 6.45) is 0.564. The minimum absolute atomic E-state index is 0.0648. The normalized spacial score (nSPS) is 17.8. The summed E-state index contributed by atoms with van der Waals surface area (Å²) >= 11 is 6.05. The Balaban J connectivity index is 2.04. The molecule has 0 aromatic heterocycles. The Morgan fingerprint density at radius 2 is 1.85 bits per heavy atom. The van der Waals surface area contributed by atoms with Gasteiger partial charge in [0.25, 0.3) is 11.7 Å². The molecule has 1 aliphatic rings. The lowest BCUT2D eigenvalue weighted by Gasteiger charge is -2.25. The number of aryl methyl sites for hydroxylation is 1. The summed E-state index contributed by atoms with van der Waals surface area (Å²) in [5.74, 6) is -0.453. The first kappa shape index (κ1) is 24.8. The monoisotopic (exact) mass is 471 g/mol. The first-order chi connectivity index (χ1) is 15.7. The zero-order chi connectivity index (χ0) is 24.1. The quantitative estimate of drug-likeness (QED) is 0.237. The molecule has 2 aromatic carbocycles. The second-order valence-electron chi connectivity index (χ2n) is 8.58. The molecule has 1 heterocycles. The van der Waals surface area contributed by atoms with Gasteiger partial charge in [0, 0.05) is 30.8 Å². The van der Waals surface area contributed by atoms with Gasteiger partial charge in [0.05, 0.1) is 18.2 Å². The Bertz CT molecular complexity index is 1050. The smallest absolute Gasteiger partial charge is 0.295 e. The van der Waals surface area contributed by atoms with Crippen molar-refractivity contribution in [1.29, 1.82) is 0 Å². The summed E-state index contributed by atoms with van der Waals surface area (Å²) in [5, 5.41) is 11.8. The number of nitrogens with zero attached hydrogens (tertiary/aromatic N) is 1. The van der Waals surface area contributed by atoms with Gasteiger partial charge in [-0.3, -0.25) is 9.59 Å². The molecule has 1 amide bonds. The van der Waals surface area contributed by atoms with Gasteiger partial charge < -0.3 is 19.5 Å². The maximum atomic E-state index is 13.1. The summed E-state index contributed by atoms with van der Waals surface area (Å²) in [6.45, 7) is 7.37. The Morgan fingerprint density at radius 3 is 2.45 bits per heavy atom. The standard InChI is InChI=1S/C26H30ClNO5/c1-16(2)15-33-21-11-8-19(14-17(21)3)24(29)22-23(18-6-9-20(27)10-7-18)28(12-5-13-32-4)26(31)25(22)30/h6-11,14,16,23,29H,5,12-13,15H2,1-4H3/b24-22+/t23-/m0/s1. The molecule has 0 radical (unpaired) electrons. The SMILES string of the molecule is COCCCN1C(=O)C(=O)/C(=C(/O)c2ccc(OCC(C)C)c(C)c2)[C@@H]1c1ccc(Cl)cc1. The van der Waals surface area contributed by atoms with Crippen molar-refractivity contribution in [2.45, 2.75) is 33.2 Å². The van der Waals surface area contributed by atoms with E-state index in [0.29, 0.717) is 48.2 Å². The topological polar surface area (TPSA) is 76.1 Å². The Hall–Kier alpha value is -2.83. The molecule has 1 aliphatic heterocycles. The fraction of sp³-hybridized carbons (Fsp3) is 0.385. The first-order valence-corrected chi connectivity index (χ1v) is 11.4. The average Bonchev–Trinajstić information content (AvgIpc) is 3.03. The van der Waals surface area contributed by atoms with Gasteiger partial charge in [0.15, 0.2) is 0 Å². The van der Waals surface area contributed by atoms with Crippen molar-refractivity contribution in [3.63, 3.8) is 0 Å². The average molecular weight is 472 g/mol. The third-order valence-electron chi connectivity index (χ3n) is 5.49. The van der Waals surface area contributed by atoms with Crippen LogP contribution in [0.5, 0.6) is 5.75 Å². The first-order valence-electron chi connectivity index (χ1n) is 11.0. The molecule has 1 saturated heterocycles. The van der Waals surface area contributed by atoms with Gasteiger partial charge in [-0.2, -0.15) is 0 Å². The van der Waals surface area contributed by atoms with Crippen molar-refractivity contribution in [3.8, 4) is 5.75 Å². The molecule has 33 heavy (non-hydrogen) atoms. The van der Waals surface area contributed by atoms with Crippen LogP contribution in [0.15, 0.2) is 48.0 Å². The van der Waals surface area contributed by atoms with Gasteiger partial charge >= 0.3 is 0 Å². The number of carbonyl (C=O) groups is 2. The van der Waals surface area contributed by atoms with Gasteiger partial charge in [0.1, 0.15) is 11.5 Å². The van der Waals surface area contributed by atoms with E-state index in [2.05, 4.69) is 13.8 Å². The van der Waals surface area contributed by atoms with E-state index in [0.717, 1.165) is 11.3 Å². The highest BCUT2D eigenvalue weighted by Crippen LogP contribution is 2.40. The highest BCUT2D eigenvalue weighted by atomic mass is 35.5. The van der Waals surface area contributed by atoms with Gasteiger partial charge in [-0.25, -0.2) is 0 Å². The summed E-state index contributed by atoms with van der Waals surface area (Å²) < 4.78 is 10.9. The number of aliphatic hydroxyl groups excluding tert-OH is 1. The number of amides is 1. The van der Waals surface area contributed by atoms with E-state index in [4.69, 9.17) is 21.1 Å². The summed E-state index contributed by atoms with van der Waals surface area (Å²) in [7, 11) is 1.58. The third kappa shape index (κ3) is 5.57. The van der Waals surface area contributed by atoms with Crippen LogP contribution in [0.25, 0.3) is 5.76 Å². The zero-order valence-corrected chi connectivity index (χ0v) is 20.2. The molecule has 0 aliphatic carbocycles. The summed E-state index contributed by atoms with van der Waals surface area (Å²) in [5.41, 5.74) is 2.05. The highest BCUT2D eigenvalue weighted by molar-refractivity contribution is 6.46. The van der Waals surface area contributed by atoms with Gasteiger partial charge in [-0.15, -0.1) is 0 Å². The zero-order valence-electron chi connectivity index (χ0n) is 19.4. The second kappa shape index (κ2) is 10.9. The molecule has 2 aromatic rings. The minimum atomic E-state index is -0.712. The minimum Gasteiger partial charge on any atom is -0.507 e. The molecule has 1 N–H and O–H groups in total. The lowest BCUT2D eigenvalue weighted by atomic mass is 9.94. The van der Waals surface area contributed by atoms with Crippen LogP contribution in [0.2, 0.25) is 5.02 Å². The largest absolute Gasteiger partial charge is 0.507 e. The van der Waals surface area contributed by atoms with Gasteiger partial charge in [-0.05, 0) is 60.7 Å². The van der Waals surface area contributed by atoms with Crippen molar-refractivity contribution in [3.05, 3.63) is 69.8 Å². The number of halogens is 1. The Morgan fingerprint density at radius 1 is 1.15 bits per heavy atom. The molecule has 1 fully saturated rings. The fourth-order valence-corrected chi connectivity index (χ4v) is 3.98. The molecular formula is C26H30ClNO5. The predicted molar refractivity (Wildman–Crippen MR) is 128 cm³/mol. The number of hydrogen-bond acceptors (Lipinski definition) is 5. The molecule has 0 bridgehead atoms. The molecule has 176 valence electrons. The van der Waals surface area contributed by atoms with E-state index in [1.807, 2.05) is 6.92 Å². The molecule has 0 spiro atoms. The third-order valence-corrected chi connectivity index (χ3v) is 5.75. The number of carbonyl (C=O) groups excluding carboxylic acids is 2. The number of aliphatic hydroxyl groups is 1. The van der Waals surface area contributed by atoms with Crippen LogP contribution in [0, 0.1) is 12.8 Å². The molecule has 0 unspecified atom stereocenters. The van der Waals surface area contributed by atoms with Crippen LogP contribution in [-0.4, -0.2) is 48.6 Å². The summed E-state index contributed by atoms with van der Waals surface area (Å²) in [4.78, 5) is 27.5. The van der Waals surface area contributed by atoms with E-state index in [-0.39, 0.29) is 11.3 Å². The van der Waals surface area contributed by atoms with E-state index >= 15 is 0 Å². The second-order valence-corrected chi connectivity index (χ2v) is 9.01. The van der Waals surface area contributed by atoms with Crippen molar-refractivity contribution in [1.82, 2.24) is 4.90 Å². The van der Waals surface area contributed by atoms with Gasteiger partial charge in [0.2, 0.25) is 0 Å². The lowest BCUT2D eigenvalue weighted by Crippen LogP contribution is -2.31. The summed E-state index contributed by atoms with van der Waals surface area (Å²) in [6, 6.07) is 11.5. The number of Topliss-reactive ketones (excluding diaryl/α,β-unsaturated/α-hetero) is 1. The van der Waals surface area contributed by atoms with E-state index in [1.54, 1.807) is 49.6 Å². The lowest BCUT2D eigenvalue weighted by molar-refractivity contribution is -0.140. The number of likely N-dealkylation sites (tertiary alicyclic amines) is 1. The Labute approximate surface area is 199 Å². The Kier molecular flexibility index (Phi) is 8.16. The van der Waals surface area contributed by atoms with Crippen molar-refractivity contribution in [2.75, 3.05) is 26.9 Å². The van der Waals surface area contributed by atoms with Crippen molar-refractivity contribution >= 4 is 29.1 Å². The number of rotatable bonds is 9. The van der Waals surface area contributed by atoms with E-state index in [1.165, 1.54) is 4.90 Å². The van der Waals surface area contributed by atoms with E-state index in [9.17, 15) is 14.7 Å². The molecule has 7 heteroatoms. The number of methoxy groups -OCH3 is 1. The molecule has 6 nitrogen and oxygen atoms in total. The maximum absolute atomic E-state index is 13.1. The molecular weight excluding hydrogens is 442 g/mol. The van der Waals surface area contributed by atoms with Crippen molar-refractivity contribution < 1.29 is 24.2 Å². The maximum Gasteiger partial charge on any atom is 0.295 e.